The van der Waals surface area contributed by atoms with Crippen LogP contribution in [0.15, 0.2) is 75.1 Å². The van der Waals surface area contributed by atoms with E-state index in [1.165, 1.54) is 23.5 Å². The highest BCUT2D eigenvalue weighted by molar-refractivity contribution is 7.14. The lowest BCUT2D eigenvalue weighted by atomic mass is 10.1. The van der Waals surface area contributed by atoms with E-state index in [0.717, 1.165) is 39.2 Å². The molecule has 0 saturated heterocycles. The Kier molecular flexibility index (Phi) is 4.45. The minimum atomic E-state index is -0.407. The summed E-state index contributed by atoms with van der Waals surface area (Å²) in [5.41, 5.74) is 2.66. The molecule has 1 aromatic carbocycles. The van der Waals surface area contributed by atoms with Gasteiger partial charge in [-0.15, -0.1) is 22.7 Å². The number of anilines is 1. The third kappa shape index (κ3) is 3.34. The van der Waals surface area contributed by atoms with Gasteiger partial charge in [0.1, 0.15) is 11.8 Å². The highest BCUT2D eigenvalue weighted by Crippen LogP contribution is 2.40. The van der Waals surface area contributed by atoms with E-state index in [2.05, 4.69) is 6.07 Å². The highest BCUT2D eigenvalue weighted by Gasteiger charge is 2.33. The van der Waals surface area contributed by atoms with Crippen molar-refractivity contribution in [2.24, 2.45) is 5.10 Å². The van der Waals surface area contributed by atoms with Gasteiger partial charge in [0.05, 0.1) is 27.5 Å². The van der Waals surface area contributed by atoms with Crippen LogP contribution in [0.4, 0.5) is 10.8 Å². The van der Waals surface area contributed by atoms with Gasteiger partial charge in [0.25, 0.3) is 5.69 Å². The van der Waals surface area contributed by atoms with Crippen LogP contribution in [0.2, 0.25) is 0 Å². The Morgan fingerprint density at radius 2 is 2.00 bits per heavy atom. The van der Waals surface area contributed by atoms with Gasteiger partial charge in [-0.3, -0.25) is 10.1 Å². The van der Waals surface area contributed by atoms with E-state index in [1.54, 1.807) is 29.7 Å². The van der Waals surface area contributed by atoms with Crippen molar-refractivity contribution in [2.75, 3.05) is 5.01 Å². The minimum Gasteiger partial charge on any atom is -0.467 e. The Labute approximate surface area is 173 Å². The van der Waals surface area contributed by atoms with E-state index < -0.39 is 4.92 Å². The van der Waals surface area contributed by atoms with Gasteiger partial charge in [-0.05, 0) is 35.7 Å². The fraction of sp³-hybridized carbons (Fsp3) is 0.100. The van der Waals surface area contributed by atoms with Crippen LogP contribution in [0.25, 0.3) is 11.3 Å². The van der Waals surface area contributed by atoms with Crippen molar-refractivity contribution in [2.45, 2.75) is 12.5 Å². The molecule has 0 amide bonds. The Morgan fingerprint density at radius 3 is 2.69 bits per heavy atom. The molecule has 7 nitrogen and oxygen atoms in total. The average molecular weight is 422 g/mol. The summed E-state index contributed by atoms with van der Waals surface area (Å²) in [5, 5.41) is 22.4. The summed E-state index contributed by atoms with van der Waals surface area (Å²) in [4.78, 5) is 16.3. The predicted molar refractivity (Wildman–Crippen MR) is 114 cm³/mol. The molecule has 5 rings (SSSR count). The second-order valence-corrected chi connectivity index (χ2v) is 8.21. The molecule has 1 atom stereocenters. The van der Waals surface area contributed by atoms with E-state index in [1.807, 2.05) is 34.0 Å². The summed E-state index contributed by atoms with van der Waals surface area (Å²) in [6, 6.07) is 14.3. The molecule has 0 aliphatic carbocycles. The van der Waals surface area contributed by atoms with Crippen LogP contribution in [0, 0.1) is 10.1 Å². The zero-order chi connectivity index (χ0) is 19.8. The van der Waals surface area contributed by atoms with E-state index in [-0.39, 0.29) is 11.7 Å². The van der Waals surface area contributed by atoms with Crippen LogP contribution >= 0.6 is 22.7 Å². The Hall–Kier alpha value is -3.30. The third-order valence-corrected chi connectivity index (χ3v) is 6.40. The van der Waals surface area contributed by atoms with Crippen molar-refractivity contribution in [1.29, 1.82) is 0 Å². The third-order valence-electron chi connectivity index (χ3n) is 4.65. The number of hydrazone groups is 1. The van der Waals surface area contributed by atoms with E-state index >= 15 is 0 Å². The molecule has 0 radical (unpaired) electrons. The molecule has 0 unspecified atom stereocenters. The van der Waals surface area contributed by atoms with Crippen molar-refractivity contribution >= 4 is 39.2 Å². The number of nitrogens with zero attached hydrogens (tertiary/aromatic N) is 4. The van der Waals surface area contributed by atoms with Gasteiger partial charge >= 0.3 is 0 Å². The van der Waals surface area contributed by atoms with Crippen LogP contribution in [-0.2, 0) is 0 Å². The fourth-order valence-corrected chi connectivity index (χ4v) is 4.79. The molecule has 29 heavy (non-hydrogen) atoms. The lowest BCUT2D eigenvalue weighted by Gasteiger charge is -2.18. The average Bonchev–Trinajstić information content (AvgIpc) is 3.54. The molecule has 4 heterocycles. The van der Waals surface area contributed by atoms with Crippen molar-refractivity contribution in [3.8, 4) is 11.3 Å². The monoisotopic (exact) mass is 422 g/mol. The lowest BCUT2D eigenvalue weighted by Crippen LogP contribution is -2.17. The molecule has 0 N–H and O–H groups in total. The van der Waals surface area contributed by atoms with Crippen molar-refractivity contribution < 1.29 is 9.34 Å². The summed E-state index contributed by atoms with van der Waals surface area (Å²) >= 11 is 3.15. The molecule has 0 bridgehead atoms. The number of benzene rings is 1. The number of furan rings is 1. The maximum atomic E-state index is 10.9. The predicted octanol–water partition coefficient (Wildman–Crippen LogP) is 5.73. The smallest absolute Gasteiger partial charge is 0.269 e. The molecule has 3 aromatic heterocycles. The molecule has 1 aliphatic heterocycles. The van der Waals surface area contributed by atoms with E-state index in [9.17, 15) is 10.1 Å². The second-order valence-electron chi connectivity index (χ2n) is 6.42. The number of rotatable bonds is 5. The summed E-state index contributed by atoms with van der Waals surface area (Å²) in [6.07, 6.45) is 2.40. The molecular weight excluding hydrogens is 408 g/mol. The quantitative estimate of drug-likeness (QED) is 0.303. The first kappa shape index (κ1) is 17.8. The van der Waals surface area contributed by atoms with E-state index in [0.29, 0.717) is 0 Å². The van der Waals surface area contributed by atoms with E-state index in [4.69, 9.17) is 14.5 Å². The minimum absolute atomic E-state index is 0.0574. The number of thiazole rings is 1. The van der Waals surface area contributed by atoms with Gasteiger partial charge in [-0.2, -0.15) is 5.10 Å². The number of aromatic nitrogens is 1. The highest BCUT2D eigenvalue weighted by atomic mass is 32.1. The van der Waals surface area contributed by atoms with Gasteiger partial charge in [0.15, 0.2) is 0 Å². The number of nitro groups is 1. The normalized spacial score (nSPS) is 16.2. The number of thiophene rings is 1. The summed E-state index contributed by atoms with van der Waals surface area (Å²) in [6.45, 7) is 0. The largest absolute Gasteiger partial charge is 0.467 e. The molecule has 4 aromatic rings. The molecule has 0 spiro atoms. The standard InChI is InChI=1S/C20H14N4O3S2/c25-24(26)14-7-5-13(6-8-14)16-12-29-20(21-16)23-17(18-3-1-9-27-18)11-15(22-23)19-4-2-10-28-19/h1-10,12,17H,11H2/t17-/m0/s1. The van der Waals surface area contributed by atoms with Crippen molar-refractivity contribution in [1.82, 2.24) is 4.98 Å². The lowest BCUT2D eigenvalue weighted by molar-refractivity contribution is -0.384. The Morgan fingerprint density at radius 1 is 1.14 bits per heavy atom. The molecular formula is C20H14N4O3S2. The SMILES string of the molecule is O=[N+]([O-])c1ccc(-c2csc(N3N=C(c4cccs4)C[C@H]3c3ccco3)n2)cc1. The zero-order valence-electron chi connectivity index (χ0n) is 15.0. The van der Waals surface area contributed by atoms with Gasteiger partial charge in [-0.1, -0.05) is 6.07 Å². The topological polar surface area (TPSA) is 84.8 Å². The van der Waals surface area contributed by atoms with Crippen molar-refractivity contribution in [3.63, 3.8) is 0 Å². The number of hydrogen-bond donors (Lipinski definition) is 0. The first-order chi connectivity index (χ1) is 14.2. The summed E-state index contributed by atoms with van der Waals surface area (Å²) in [7, 11) is 0. The van der Waals surface area contributed by atoms with Gasteiger partial charge in [-0.25, -0.2) is 9.99 Å². The number of nitro benzene ring substituents is 1. The summed E-state index contributed by atoms with van der Waals surface area (Å²) in [5.74, 6) is 0.840. The van der Waals surface area contributed by atoms with Gasteiger partial charge in [0.2, 0.25) is 5.13 Å². The van der Waals surface area contributed by atoms with Gasteiger partial charge < -0.3 is 4.42 Å². The van der Waals surface area contributed by atoms with Crippen LogP contribution < -0.4 is 5.01 Å². The molecule has 144 valence electrons. The summed E-state index contributed by atoms with van der Waals surface area (Å²) < 4.78 is 5.66. The van der Waals surface area contributed by atoms with Gasteiger partial charge in [0, 0.05) is 29.5 Å². The van der Waals surface area contributed by atoms with Crippen LogP contribution in [0.1, 0.15) is 23.1 Å². The van der Waals surface area contributed by atoms with Crippen LogP contribution in [0.3, 0.4) is 0 Å². The molecule has 0 fully saturated rings. The second kappa shape index (κ2) is 7.26. The molecule has 0 saturated carbocycles. The van der Waals surface area contributed by atoms with Crippen LogP contribution in [-0.4, -0.2) is 15.6 Å². The Balaban J connectivity index is 1.48. The van der Waals surface area contributed by atoms with Crippen LogP contribution in [0.5, 0.6) is 0 Å². The van der Waals surface area contributed by atoms with Crippen molar-refractivity contribution in [3.05, 3.63) is 86.3 Å². The molecule has 1 aliphatic rings. The Bertz CT molecular complexity index is 1170. The first-order valence-electron chi connectivity index (χ1n) is 8.83. The fourth-order valence-electron chi connectivity index (χ4n) is 3.24. The maximum absolute atomic E-state index is 10.9. The number of non-ortho nitro benzene ring substituents is 1. The maximum Gasteiger partial charge on any atom is 0.269 e. The molecule has 9 heteroatoms. The number of hydrogen-bond acceptors (Lipinski definition) is 8. The first-order valence-corrected chi connectivity index (χ1v) is 10.6. The zero-order valence-corrected chi connectivity index (χ0v) is 16.6.